The van der Waals surface area contributed by atoms with E-state index in [9.17, 15) is 10.2 Å². The van der Waals surface area contributed by atoms with E-state index in [1.807, 2.05) is 30.3 Å². The van der Waals surface area contributed by atoms with Crippen molar-refractivity contribution in [1.29, 1.82) is 0 Å². The molecule has 1 aliphatic heterocycles. The van der Waals surface area contributed by atoms with Gasteiger partial charge < -0.3 is 14.9 Å². The quantitative estimate of drug-likeness (QED) is 0.366. The van der Waals surface area contributed by atoms with Gasteiger partial charge >= 0.3 is 0 Å². The zero-order valence-corrected chi connectivity index (χ0v) is 18.7. The van der Waals surface area contributed by atoms with Crippen molar-refractivity contribution in [1.82, 2.24) is 4.90 Å². The van der Waals surface area contributed by atoms with Gasteiger partial charge in [0.05, 0.1) is 0 Å². The van der Waals surface area contributed by atoms with Crippen LogP contribution in [0.3, 0.4) is 0 Å². The van der Waals surface area contributed by atoms with Gasteiger partial charge in [-0.15, -0.1) is 11.3 Å². The minimum absolute atomic E-state index is 0.240. The van der Waals surface area contributed by atoms with Crippen LogP contribution in [0.15, 0.2) is 60.7 Å². The van der Waals surface area contributed by atoms with Crippen molar-refractivity contribution in [2.24, 2.45) is 0 Å². The van der Waals surface area contributed by atoms with Crippen LogP contribution in [0.4, 0.5) is 0 Å². The third-order valence-electron chi connectivity index (χ3n) is 5.97. The van der Waals surface area contributed by atoms with E-state index < -0.39 is 0 Å². The van der Waals surface area contributed by atoms with Crippen molar-refractivity contribution in [3.63, 3.8) is 0 Å². The number of piperidine rings is 1. The first-order valence-corrected chi connectivity index (χ1v) is 11.9. The van der Waals surface area contributed by atoms with Crippen LogP contribution in [0.1, 0.15) is 19.3 Å². The molecule has 4 nitrogen and oxygen atoms in total. The summed E-state index contributed by atoms with van der Waals surface area (Å²) in [7, 11) is 0. The number of hydrogen-bond acceptors (Lipinski definition) is 5. The number of hydrogen-bond donors (Lipinski definition) is 2. The average Bonchev–Trinajstić information content (AvgIpc) is 3.19. The van der Waals surface area contributed by atoms with Gasteiger partial charge in [0.15, 0.2) is 0 Å². The average molecular weight is 445 g/mol. The maximum absolute atomic E-state index is 10.00. The summed E-state index contributed by atoms with van der Waals surface area (Å²) >= 11 is 1.63. The van der Waals surface area contributed by atoms with Crippen molar-refractivity contribution in [2.45, 2.75) is 19.3 Å². The first-order valence-electron chi connectivity index (χ1n) is 11.1. The number of fused-ring (bicyclic) bond motifs is 1. The Labute approximate surface area is 192 Å². The molecule has 3 aromatic carbocycles. The number of phenolic OH excluding ortho intramolecular Hbond substituents is 2. The lowest BCUT2D eigenvalue weighted by Crippen LogP contribution is -2.33. The molecule has 4 aromatic rings. The van der Waals surface area contributed by atoms with E-state index in [-0.39, 0.29) is 11.5 Å². The highest BCUT2D eigenvalue weighted by Gasteiger charge is 2.17. The van der Waals surface area contributed by atoms with Crippen molar-refractivity contribution in [2.75, 3.05) is 26.2 Å². The molecule has 0 amide bonds. The molecule has 5 rings (SSSR count). The fourth-order valence-corrected chi connectivity index (χ4v) is 5.58. The number of likely N-dealkylation sites (tertiary alicyclic amines) is 1. The number of benzene rings is 3. The number of ether oxygens (including phenoxy) is 1. The summed E-state index contributed by atoms with van der Waals surface area (Å²) in [5.41, 5.74) is 3.04. The minimum atomic E-state index is 0.240. The molecule has 32 heavy (non-hydrogen) atoms. The molecule has 163 valence electrons. The number of aromatic hydroxyl groups is 2. The maximum Gasteiger partial charge on any atom is 0.120 e. The predicted octanol–water partition coefficient (Wildman–Crippen LogP) is 6.31. The van der Waals surface area contributed by atoms with Crippen molar-refractivity contribution < 1.29 is 14.9 Å². The molecule has 1 saturated heterocycles. The van der Waals surface area contributed by atoms with Gasteiger partial charge in [-0.3, -0.25) is 4.90 Å². The van der Waals surface area contributed by atoms with Gasteiger partial charge in [0, 0.05) is 27.1 Å². The highest BCUT2D eigenvalue weighted by molar-refractivity contribution is 7.23. The molecule has 0 bridgehead atoms. The van der Waals surface area contributed by atoms with E-state index >= 15 is 0 Å². The van der Waals surface area contributed by atoms with Crippen LogP contribution in [0.2, 0.25) is 0 Å². The summed E-state index contributed by atoms with van der Waals surface area (Å²) in [5, 5.41) is 20.8. The molecule has 0 spiro atoms. The third kappa shape index (κ3) is 4.45. The Kier molecular flexibility index (Phi) is 6.02. The topological polar surface area (TPSA) is 52.9 Å². The second-order valence-corrected chi connectivity index (χ2v) is 9.27. The van der Waals surface area contributed by atoms with Crippen LogP contribution in [-0.2, 0) is 0 Å². The highest BCUT2D eigenvalue weighted by Crippen LogP contribution is 2.46. The van der Waals surface area contributed by atoms with Gasteiger partial charge in [-0.2, -0.15) is 0 Å². The molecule has 2 heterocycles. The molecule has 1 aromatic heterocycles. The normalized spacial score (nSPS) is 14.6. The molecule has 0 saturated carbocycles. The van der Waals surface area contributed by atoms with Crippen LogP contribution in [0, 0.1) is 6.07 Å². The Morgan fingerprint density at radius 3 is 2.50 bits per heavy atom. The molecule has 1 fully saturated rings. The lowest BCUT2D eigenvalue weighted by molar-refractivity contribution is 0.183. The van der Waals surface area contributed by atoms with Gasteiger partial charge in [-0.25, -0.2) is 0 Å². The van der Waals surface area contributed by atoms with E-state index in [1.165, 1.54) is 32.4 Å². The van der Waals surface area contributed by atoms with Crippen molar-refractivity contribution in [3.05, 3.63) is 66.7 Å². The van der Waals surface area contributed by atoms with Gasteiger partial charge in [0.2, 0.25) is 0 Å². The third-order valence-corrected chi connectivity index (χ3v) is 7.17. The summed E-state index contributed by atoms with van der Waals surface area (Å²) in [6.45, 7) is 3.96. The molecule has 2 N–H and O–H groups in total. The minimum Gasteiger partial charge on any atom is -0.508 e. The second kappa shape index (κ2) is 9.23. The van der Waals surface area contributed by atoms with Crippen LogP contribution in [0.25, 0.3) is 31.7 Å². The van der Waals surface area contributed by atoms with Crippen molar-refractivity contribution >= 4 is 21.4 Å². The SMILES string of the molecule is Oc1ccc(-c2sc3cc(O)ccc3c2-c2[c]ccc(OCCN3CCCCC3)c2)cc1. The molecule has 0 aliphatic carbocycles. The fraction of sp³-hybridized carbons (Fsp3) is 0.259. The van der Waals surface area contributed by atoms with E-state index in [0.29, 0.717) is 6.61 Å². The van der Waals surface area contributed by atoms with E-state index in [2.05, 4.69) is 17.0 Å². The highest BCUT2D eigenvalue weighted by atomic mass is 32.1. The van der Waals surface area contributed by atoms with E-state index in [1.54, 1.807) is 35.6 Å². The van der Waals surface area contributed by atoms with Crippen LogP contribution >= 0.6 is 11.3 Å². The number of nitrogens with zero attached hydrogens (tertiary/aromatic N) is 1. The Morgan fingerprint density at radius 2 is 1.69 bits per heavy atom. The summed E-state index contributed by atoms with van der Waals surface area (Å²) in [6, 6.07) is 22.0. The maximum atomic E-state index is 10.00. The van der Waals surface area contributed by atoms with Crippen LogP contribution < -0.4 is 4.74 Å². The smallest absolute Gasteiger partial charge is 0.120 e. The fourth-order valence-electron chi connectivity index (χ4n) is 4.32. The van der Waals surface area contributed by atoms with Gasteiger partial charge in [0.1, 0.15) is 23.9 Å². The zero-order valence-electron chi connectivity index (χ0n) is 17.9. The number of phenols is 2. The molecular weight excluding hydrogens is 418 g/mol. The summed E-state index contributed by atoms with van der Waals surface area (Å²) in [6.07, 6.45) is 3.90. The Morgan fingerprint density at radius 1 is 0.906 bits per heavy atom. The molecule has 1 aliphatic rings. The van der Waals surface area contributed by atoms with Gasteiger partial charge in [-0.05, 0) is 97.7 Å². The number of thiophene rings is 1. The van der Waals surface area contributed by atoms with E-state index in [0.717, 1.165) is 43.9 Å². The largest absolute Gasteiger partial charge is 0.508 e. The summed E-state index contributed by atoms with van der Waals surface area (Å²) in [4.78, 5) is 3.55. The van der Waals surface area contributed by atoms with Crippen molar-refractivity contribution in [3.8, 4) is 38.8 Å². The Hall–Kier alpha value is -3.02. The Bertz CT molecular complexity index is 1210. The number of rotatable bonds is 6. The first kappa shape index (κ1) is 20.9. The first-order chi connectivity index (χ1) is 15.7. The summed E-state index contributed by atoms with van der Waals surface area (Å²) in [5.74, 6) is 1.33. The lowest BCUT2D eigenvalue weighted by atomic mass is 9.98. The van der Waals surface area contributed by atoms with E-state index in [4.69, 9.17) is 4.74 Å². The molecule has 0 atom stereocenters. The second-order valence-electron chi connectivity index (χ2n) is 8.22. The zero-order chi connectivity index (χ0) is 21.9. The molecule has 5 heteroatoms. The van der Waals surface area contributed by atoms with Gasteiger partial charge in [0.25, 0.3) is 0 Å². The standard InChI is InChI=1S/C27H26NO3S/c29-21-9-7-19(8-10-21)27-26(24-12-11-22(30)18-25(24)32-27)20-5-4-6-23(17-20)31-16-15-28-13-2-1-3-14-28/h4,6-12,17-18,29-30H,1-3,13-16H2. The summed E-state index contributed by atoms with van der Waals surface area (Å²) < 4.78 is 7.12. The molecule has 1 radical (unpaired) electrons. The molecule has 0 unspecified atom stereocenters. The molecular formula is C27H26NO3S. The monoisotopic (exact) mass is 444 g/mol. The van der Waals surface area contributed by atoms with Gasteiger partial charge in [-0.1, -0.05) is 12.5 Å². The van der Waals surface area contributed by atoms with Crippen LogP contribution in [-0.4, -0.2) is 41.4 Å². The predicted molar refractivity (Wildman–Crippen MR) is 131 cm³/mol. The lowest BCUT2D eigenvalue weighted by Gasteiger charge is -2.26. The Balaban J connectivity index is 1.47. The van der Waals surface area contributed by atoms with Crippen LogP contribution in [0.5, 0.6) is 17.2 Å².